The molecular formula is C15H25N3O2. The lowest BCUT2D eigenvalue weighted by atomic mass is 10.1. The number of nitrogens with zero attached hydrogens (tertiary/aromatic N) is 2. The average molecular weight is 279 g/mol. The van der Waals surface area contributed by atoms with Gasteiger partial charge in [0, 0.05) is 6.20 Å². The second kappa shape index (κ2) is 7.12. The molecule has 0 aromatic carbocycles. The summed E-state index contributed by atoms with van der Waals surface area (Å²) in [5.74, 6) is 0. The number of carbonyl (C=O) groups excluding carboxylic acids is 1. The van der Waals surface area contributed by atoms with Crippen LogP contribution in [0.5, 0.6) is 0 Å². The van der Waals surface area contributed by atoms with Gasteiger partial charge in [-0.15, -0.1) is 6.58 Å². The molecule has 0 aliphatic carbocycles. The van der Waals surface area contributed by atoms with Gasteiger partial charge in [0.25, 0.3) is 0 Å². The number of carbonyl (C=O) groups is 1. The summed E-state index contributed by atoms with van der Waals surface area (Å²) in [4.78, 5) is 14.1. The molecule has 1 heterocycles. The smallest absolute Gasteiger partial charge is 0.411 e. The molecule has 0 radical (unpaired) electrons. The van der Waals surface area contributed by atoms with Gasteiger partial charge in [0.15, 0.2) is 0 Å². The number of H-pyrrole nitrogens is 1. The van der Waals surface area contributed by atoms with Gasteiger partial charge in [0.05, 0.1) is 18.3 Å². The van der Waals surface area contributed by atoms with Crippen LogP contribution in [0.25, 0.3) is 0 Å². The van der Waals surface area contributed by atoms with Gasteiger partial charge in [-0.05, 0) is 33.3 Å². The Balaban J connectivity index is 2.87. The van der Waals surface area contributed by atoms with E-state index in [1.165, 1.54) is 0 Å². The zero-order chi connectivity index (χ0) is 15.2. The van der Waals surface area contributed by atoms with Crippen molar-refractivity contribution in [1.82, 2.24) is 15.1 Å². The molecule has 0 spiro atoms. The number of ether oxygens (including phenoxy) is 1. The standard InChI is InChI=1S/C15H25N3O2/c1-6-8-13(7-2)18(11-12-9-10-16-17-12)14(19)20-15(3,4)5/h7,9-10,13H,2,6,8,11H2,1,3-5H3,(H,16,17). The number of aromatic amines is 1. The number of hydrogen-bond acceptors (Lipinski definition) is 3. The molecule has 20 heavy (non-hydrogen) atoms. The van der Waals surface area contributed by atoms with Crippen molar-refractivity contribution in [2.45, 2.75) is 58.7 Å². The minimum atomic E-state index is -0.515. The third-order valence-corrected chi connectivity index (χ3v) is 2.78. The first-order valence-corrected chi connectivity index (χ1v) is 6.98. The Hall–Kier alpha value is -1.78. The van der Waals surface area contributed by atoms with Crippen LogP contribution in [-0.2, 0) is 11.3 Å². The number of rotatable bonds is 6. The van der Waals surface area contributed by atoms with E-state index < -0.39 is 5.60 Å². The van der Waals surface area contributed by atoms with Crippen molar-refractivity contribution >= 4 is 6.09 Å². The van der Waals surface area contributed by atoms with E-state index in [2.05, 4.69) is 23.7 Å². The highest BCUT2D eigenvalue weighted by molar-refractivity contribution is 5.68. The van der Waals surface area contributed by atoms with Crippen LogP contribution in [-0.4, -0.2) is 32.8 Å². The van der Waals surface area contributed by atoms with Crippen molar-refractivity contribution in [3.8, 4) is 0 Å². The molecule has 5 nitrogen and oxygen atoms in total. The first-order valence-electron chi connectivity index (χ1n) is 6.98. The van der Waals surface area contributed by atoms with Crippen LogP contribution in [0.15, 0.2) is 24.9 Å². The summed E-state index contributed by atoms with van der Waals surface area (Å²) in [7, 11) is 0. The Bertz CT molecular complexity index is 421. The van der Waals surface area contributed by atoms with Gasteiger partial charge in [0.2, 0.25) is 0 Å². The Labute approximate surface area is 121 Å². The van der Waals surface area contributed by atoms with Crippen molar-refractivity contribution < 1.29 is 9.53 Å². The topological polar surface area (TPSA) is 58.2 Å². The average Bonchev–Trinajstić information content (AvgIpc) is 2.84. The molecule has 1 amide bonds. The monoisotopic (exact) mass is 279 g/mol. The number of nitrogens with one attached hydrogen (secondary N) is 1. The first kappa shape index (κ1) is 16.3. The minimum absolute atomic E-state index is 0.0495. The molecule has 0 aliphatic heterocycles. The van der Waals surface area contributed by atoms with Crippen LogP contribution in [0, 0.1) is 0 Å². The fourth-order valence-electron chi connectivity index (χ4n) is 1.89. The molecule has 0 aliphatic rings. The molecule has 0 saturated heterocycles. The fourth-order valence-corrected chi connectivity index (χ4v) is 1.89. The molecule has 1 atom stereocenters. The Kier molecular flexibility index (Phi) is 5.80. The van der Waals surface area contributed by atoms with E-state index in [1.807, 2.05) is 26.8 Å². The van der Waals surface area contributed by atoms with Crippen molar-refractivity contribution in [3.05, 3.63) is 30.6 Å². The maximum Gasteiger partial charge on any atom is 0.411 e. The molecule has 1 rings (SSSR count). The van der Waals surface area contributed by atoms with Crippen LogP contribution in [0.2, 0.25) is 0 Å². The van der Waals surface area contributed by atoms with Gasteiger partial charge < -0.3 is 4.74 Å². The van der Waals surface area contributed by atoms with Crippen molar-refractivity contribution in [2.75, 3.05) is 0 Å². The highest BCUT2D eigenvalue weighted by atomic mass is 16.6. The molecule has 0 saturated carbocycles. The summed E-state index contributed by atoms with van der Waals surface area (Å²) in [5, 5.41) is 6.86. The molecule has 5 heteroatoms. The molecule has 1 aromatic rings. The molecule has 1 aromatic heterocycles. The third-order valence-electron chi connectivity index (χ3n) is 2.78. The lowest BCUT2D eigenvalue weighted by Crippen LogP contribution is -2.42. The summed E-state index contributed by atoms with van der Waals surface area (Å²) in [6.45, 7) is 11.9. The lowest BCUT2D eigenvalue weighted by molar-refractivity contribution is 0.0170. The van der Waals surface area contributed by atoms with Crippen LogP contribution in [0.1, 0.15) is 46.2 Å². The Morgan fingerprint density at radius 2 is 2.30 bits per heavy atom. The largest absolute Gasteiger partial charge is 0.444 e. The Morgan fingerprint density at radius 1 is 1.60 bits per heavy atom. The van der Waals surface area contributed by atoms with E-state index >= 15 is 0 Å². The molecular weight excluding hydrogens is 254 g/mol. The van der Waals surface area contributed by atoms with Gasteiger partial charge in [-0.2, -0.15) is 5.10 Å². The van der Waals surface area contributed by atoms with Gasteiger partial charge >= 0.3 is 6.09 Å². The second-order valence-electron chi connectivity index (χ2n) is 5.77. The van der Waals surface area contributed by atoms with Crippen molar-refractivity contribution in [2.24, 2.45) is 0 Å². The van der Waals surface area contributed by atoms with E-state index in [4.69, 9.17) is 4.74 Å². The van der Waals surface area contributed by atoms with Gasteiger partial charge in [0.1, 0.15) is 5.60 Å². The highest BCUT2D eigenvalue weighted by Crippen LogP contribution is 2.17. The van der Waals surface area contributed by atoms with Gasteiger partial charge in [-0.25, -0.2) is 4.79 Å². The number of aromatic nitrogens is 2. The molecule has 1 unspecified atom stereocenters. The fraction of sp³-hybridized carbons (Fsp3) is 0.600. The SMILES string of the molecule is C=CC(CCC)N(Cc1cc[nH]n1)C(=O)OC(C)(C)C. The van der Waals surface area contributed by atoms with E-state index in [0.717, 1.165) is 18.5 Å². The van der Waals surface area contributed by atoms with E-state index in [9.17, 15) is 4.79 Å². The maximum atomic E-state index is 12.4. The van der Waals surface area contributed by atoms with Gasteiger partial charge in [-0.1, -0.05) is 19.4 Å². The number of hydrogen-bond donors (Lipinski definition) is 1. The third kappa shape index (κ3) is 5.07. The van der Waals surface area contributed by atoms with Crippen molar-refractivity contribution in [3.63, 3.8) is 0 Å². The number of amides is 1. The highest BCUT2D eigenvalue weighted by Gasteiger charge is 2.27. The van der Waals surface area contributed by atoms with Crippen LogP contribution >= 0.6 is 0 Å². The summed E-state index contributed by atoms with van der Waals surface area (Å²) >= 11 is 0. The minimum Gasteiger partial charge on any atom is -0.444 e. The summed E-state index contributed by atoms with van der Waals surface area (Å²) < 4.78 is 5.48. The normalized spacial score (nSPS) is 12.8. The van der Waals surface area contributed by atoms with Crippen LogP contribution in [0.4, 0.5) is 4.79 Å². The molecule has 112 valence electrons. The quantitative estimate of drug-likeness (QED) is 0.811. The molecule has 0 fully saturated rings. The van der Waals surface area contributed by atoms with Crippen molar-refractivity contribution in [1.29, 1.82) is 0 Å². The summed E-state index contributed by atoms with van der Waals surface area (Å²) in [5.41, 5.74) is 0.289. The molecule has 0 bridgehead atoms. The zero-order valence-electron chi connectivity index (χ0n) is 12.8. The predicted octanol–water partition coefficient (Wildman–Crippen LogP) is 3.50. The zero-order valence-corrected chi connectivity index (χ0v) is 12.8. The lowest BCUT2D eigenvalue weighted by Gasteiger charge is -2.31. The first-order chi connectivity index (χ1) is 9.37. The van der Waals surface area contributed by atoms with Crippen LogP contribution in [0.3, 0.4) is 0 Å². The summed E-state index contributed by atoms with van der Waals surface area (Å²) in [6, 6.07) is 1.80. The Morgan fingerprint density at radius 3 is 2.75 bits per heavy atom. The van der Waals surface area contributed by atoms with E-state index in [-0.39, 0.29) is 12.1 Å². The van der Waals surface area contributed by atoms with Crippen LogP contribution < -0.4 is 0 Å². The molecule has 1 N–H and O–H groups in total. The maximum absolute atomic E-state index is 12.4. The van der Waals surface area contributed by atoms with E-state index in [1.54, 1.807) is 17.2 Å². The van der Waals surface area contributed by atoms with E-state index in [0.29, 0.717) is 6.54 Å². The predicted molar refractivity (Wildman–Crippen MR) is 79.3 cm³/mol. The van der Waals surface area contributed by atoms with Gasteiger partial charge in [-0.3, -0.25) is 10.00 Å². The second-order valence-corrected chi connectivity index (χ2v) is 5.77. The summed E-state index contributed by atoms with van der Waals surface area (Å²) in [6.07, 6.45) is 5.02.